The Morgan fingerprint density at radius 1 is 1.05 bits per heavy atom. The van der Waals surface area contributed by atoms with Crippen molar-refractivity contribution in [2.45, 2.75) is 135 Å². The molecule has 4 saturated carbocycles. The molecule has 0 aromatic heterocycles. The molecule has 4 rings (SSSR count). The van der Waals surface area contributed by atoms with E-state index in [0.29, 0.717) is 18.8 Å². The van der Waals surface area contributed by atoms with Crippen LogP contribution in [0.5, 0.6) is 0 Å². The van der Waals surface area contributed by atoms with Gasteiger partial charge in [-0.05, 0) is 98.6 Å². The van der Waals surface area contributed by atoms with E-state index in [9.17, 15) is 24.9 Å². The summed E-state index contributed by atoms with van der Waals surface area (Å²) < 4.78 is 11.6. The van der Waals surface area contributed by atoms with Gasteiger partial charge in [0.25, 0.3) is 6.29 Å². The molecule has 0 spiro atoms. The van der Waals surface area contributed by atoms with Crippen molar-refractivity contribution in [3.63, 3.8) is 0 Å². The number of aliphatic hydroxyl groups excluding tert-OH is 2. The van der Waals surface area contributed by atoms with Gasteiger partial charge in [0.2, 0.25) is 5.78 Å². The number of aliphatic hydroxyl groups is 3. The molecule has 4 fully saturated rings. The summed E-state index contributed by atoms with van der Waals surface area (Å²) in [6.45, 7) is 16.9. The van der Waals surface area contributed by atoms with Crippen LogP contribution in [0.2, 0.25) is 18.1 Å². The molecule has 2 unspecified atom stereocenters. The van der Waals surface area contributed by atoms with Crippen molar-refractivity contribution in [1.29, 1.82) is 0 Å². The summed E-state index contributed by atoms with van der Waals surface area (Å²) in [7, 11) is -1.86. The Bertz CT molecular complexity index is 914. The van der Waals surface area contributed by atoms with Gasteiger partial charge in [0.05, 0.1) is 6.10 Å². The molecule has 37 heavy (non-hydrogen) atoms. The summed E-state index contributed by atoms with van der Waals surface area (Å²) in [5.74, 6) is -0.745. The molecule has 0 amide bonds. The predicted molar refractivity (Wildman–Crippen MR) is 143 cm³/mol. The minimum Gasteiger partial charge on any atom is -0.428 e. The topological polar surface area (TPSA) is 113 Å². The van der Waals surface area contributed by atoms with Gasteiger partial charge in [-0.1, -0.05) is 34.6 Å². The van der Waals surface area contributed by atoms with Crippen LogP contribution in [-0.2, 0) is 18.8 Å². The maximum absolute atomic E-state index is 13.2. The molecular weight excluding hydrogens is 488 g/mol. The van der Waals surface area contributed by atoms with Gasteiger partial charge in [0.15, 0.2) is 8.32 Å². The molecule has 4 aliphatic carbocycles. The minimum absolute atomic E-state index is 0.00107. The minimum atomic E-state index is -1.99. The number of hydrogen-bond acceptors (Lipinski definition) is 7. The lowest BCUT2D eigenvalue weighted by Gasteiger charge is -2.63. The Kier molecular flexibility index (Phi) is 7.41. The monoisotopic (exact) mass is 538 g/mol. The molecule has 7 nitrogen and oxygen atoms in total. The van der Waals surface area contributed by atoms with Crippen LogP contribution in [0.15, 0.2) is 0 Å². The molecule has 10 atom stereocenters. The van der Waals surface area contributed by atoms with Crippen LogP contribution in [0.4, 0.5) is 0 Å². The van der Waals surface area contributed by atoms with Crippen molar-refractivity contribution < 1.29 is 34.1 Å². The molecule has 0 saturated heterocycles. The first kappa shape index (κ1) is 29.2. The third kappa shape index (κ3) is 4.56. The molecule has 0 heterocycles. The Balaban J connectivity index is 1.54. The van der Waals surface area contributed by atoms with E-state index in [-0.39, 0.29) is 40.7 Å². The van der Waals surface area contributed by atoms with E-state index < -0.39 is 43.5 Å². The number of rotatable bonds is 5. The van der Waals surface area contributed by atoms with Crippen molar-refractivity contribution in [3.05, 3.63) is 0 Å². The smallest absolute Gasteiger partial charge is 0.305 e. The van der Waals surface area contributed by atoms with Gasteiger partial charge in [-0.15, -0.1) is 0 Å². The van der Waals surface area contributed by atoms with Crippen molar-refractivity contribution in [3.8, 4) is 0 Å². The first-order valence-corrected chi connectivity index (χ1v) is 17.3. The molecule has 0 radical (unpaired) electrons. The zero-order valence-corrected chi connectivity index (χ0v) is 25.2. The van der Waals surface area contributed by atoms with E-state index in [1.165, 1.54) is 0 Å². The Morgan fingerprint density at radius 2 is 1.70 bits per heavy atom. The van der Waals surface area contributed by atoms with Gasteiger partial charge in [-0.2, -0.15) is 0 Å². The lowest BCUT2D eigenvalue weighted by Crippen LogP contribution is -2.64. The fraction of sp³-hybridized carbons (Fsp3) is 0.931. The molecule has 3 N–H and O–H groups in total. The summed E-state index contributed by atoms with van der Waals surface area (Å²) in [6.07, 6.45) is 3.93. The second-order valence-corrected chi connectivity index (χ2v) is 19.5. The second kappa shape index (κ2) is 9.39. The van der Waals surface area contributed by atoms with Crippen LogP contribution in [0, 0.1) is 34.5 Å². The molecule has 4 aliphatic rings. The average molecular weight is 539 g/mol. The van der Waals surface area contributed by atoms with Crippen molar-refractivity contribution in [2.24, 2.45) is 34.5 Å². The lowest BCUT2D eigenvalue weighted by molar-refractivity contribution is -0.214. The number of Topliss-reactive ketones (excluding diaryl/α,β-unsaturated/α-hetero) is 1. The van der Waals surface area contributed by atoms with Crippen molar-refractivity contribution >= 4 is 20.1 Å². The highest BCUT2D eigenvalue weighted by Gasteiger charge is 2.69. The zero-order valence-electron chi connectivity index (χ0n) is 24.2. The Morgan fingerprint density at radius 3 is 2.30 bits per heavy atom. The highest BCUT2D eigenvalue weighted by Crippen LogP contribution is 2.68. The van der Waals surface area contributed by atoms with Crippen molar-refractivity contribution in [2.75, 3.05) is 0 Å². The summed E-state index contributed by atoms with van der Waals surface area (Å²) in [5, 5.41) is 33.8. The summed E-state index contributed by atoms with van der Waals surface area (Å²) >= 11 is 0. The largest absolute Gasteiger partial charge is 0.428 e. The maximum atomic E-state index is 13.2. The molecule has 8 heteroatoms. The van der Waals surface area contributed by atoms with Gasteiger partial charge in [-0.3, -0.25) is 9.59 Å². The number of carbonyl (C=O) groups excluding carboxylic acids is 2. The van der Waals surface area contributed by atoms with E-state index in [4.69, 9.17) is 9.16 Å². The van der Waals surface area contributed by atoms with Gasteiger partial charge in [0.1, 0.15) is 5.60 Å². The van der Waals surface area contributed by atoms with Crippen LogP contribution >= 0.6 is 0 Å². The van der Waals surface area contributed by atoms with E-state index in [2.05, 4.69) is 40.8 Å². The predicted octanol–water partition coefficient (Wildman–Crippen LogP) is 4.57. The maximum Gasteiger partial charge on any atom is 0.305 e. The number of ether oxygens (including phenoxy) is 1. The zero-order chi connectivity index (χ0) is 27.8. The van der Waals surface area contributed by atoms with E-state index in [0.717, 1.165) is 39.0 Å². The average Bonchev–Trinajstić information content (AvgIpc) is 3.03. The molecular formula is C29H50O7Si. The number of fused-ring (bicyclic) bond motifs is 5. The number of hydrogen-bond donors (Lipinski definition) is 3. The quantitative estimate of drug-likeness (QED) is 0.267. The van der Waals surface area contributed by atoms with Crippen LogP contribution in [-0.4, -0.2) is 59.5 Å². The summed E-state index contributed by atoms with van der Waals surface area (Å²) in [6, 6.07) is 0. The van der Waals surface area contributed by atoms with E-state index in [1.807, 2.05) is 6.92 Å². The van der Waals surface area contributed by atoms with Crippen molar-refractivity contribution in [1.82, 2.24) is 0 Å². The molecule has 0 aromatic rings. The fourth-order valence-corrected chi connectivity index (χ4v) is 10.3. The van der Waals surface area contributed by atoms with Gasteiger partial charge < -0.3 is 24.5 Å². The van der Waals surface area contributed by atoms with Gasteiger partial charge >= 0.3 is 5.97 Å². The number of esters is 1. The SMILES string of the molecule is CC(=O)OC(O)C(=O)[C@@]1(O)CC[C@H]2[C@@H]3CCC4C[C@H](O[Si](C)(C)C(C)(C)C)CC[C@]4(C)[C@H]3[C@H](O)C[C@@]21C. The standard InChI is InChI=1S/C29H50O7Si/c1-17(30)35-25(33)24(32)29(34)14-12-21-20-10-9-18-15-19(36-37(7,8)26(2,3)4)11-13-27(18,5)23(20)22(31)16-28(21,29)6/h18-23,25,31,33-34H,9-16H2,1-8H3/t18?,19-,20+,21+,22-,23-,25?,27+,28+,29+/m1/s1. The number of carbonyl (C=O) groups is 2. The van der Waals surface area contributed by atoms with E-state index >= 15 is 0 Å². The molecule has 0 aliphatic heterocycles. The highest BCUT2D eigenvalue weighted by molar-refractivity contribution is 6.74. The fourth-order valence-electron chi connectivity index (χ4n) is 8.87. The molecule has 212 valence electrons. The summed E-state index contributed by atoms with van der Waals surface area (Å²) in [5.41, 5.74) is -2.71. The molecule has 0 aromatic carbocycles. The first-order valence-electron chi connectivity index (χ1n) is 14.4. The van der Waals surface area contributed by atoms with E-state index in [1.54, 1.807) is 0 Å². The van der Waals surface area contributed by atoms with Gasteiger partial charge in [0, 0.05) is 18.4 Å². The van der Waals surface area contributed by atoms with Crippen LogP contribution in [0.3, 0.4) is 0 Å². The normalized spacial score (nSPS) is 44.8. The molecule has 0 bridgehead atoms. The van der Waals surface area contributed by atoms with Crippen LogP contribution < -0.4 is 0 Å². The highest BCUT2D eigenvalue weighted by atomic mass is 28.4. The van der Waals surface area contributed by atoms with Gasteiger partial charge in [-0.25, -0.2) is 0 Å². The third-order valence-corrected chi connectivity index (χ3v) is 16.4. The first-order chi connectivity index (χ1) is 16.9. The lowest BCUT2D eigenvalue weighted by atomic mass is 9.43. The Hall–Kier alpha value is -0.803. The number of ketones is 1. The van der Waals surface area contributed by atoms with Crippen LogP contribution in [0.1, 0.15) is 92.9 Å². The van der Waals surface area contributed by atoms with Crippen LogP contribution in [0.25, 0.3) is 0 Å². The Labute approximate surface area is 223 Å². The summed E-state index contributed by atoms with van der Waals surface area (Å²) in [4.78, 5) is 24.5. The second-order valence-electron chi connectivity index (χ2n) is 14.8. The third-order valence-electron chi connectivity index (χ3n) is 11.9.